The van der Waals surface area contributed by atoms with Crippen molar-refractivity contribution in [2.24, 2.45) is 0 Å². The molecule has 1 N–H and O–H groups in total. The molecule has 2 rings (SSSR count). The van der Waals surface area contributed by atoms with Gasteiger partial charge in [0.25, 0.3) is 0 Å². The van der Waals surface area contributed by atoms with E-state index in [-0.39, 0.29) is 0 Å². The van der Waals surface area contributed by atoms with Crippen LogP contribution in [-0.4, -0.2) is 14.7 Å². The highest BCUT2D eigenvalue weighted by Crippen LogP contribution is 2.29. The molecule has 1 aromatic heterocycles. The summed E-state index contributed by atoms with van der Waals surface area (Å²) < 4.78 is 4.86. The third-order valence-corrected chi connectivity index (χ3v) is 4.52. The van der Waals surface area contributed by atoms with Crippen LogP contribution in [0.25, 0.3) is 0 Å². The van der Waals surface area contributed by atoms with Crippen LogP contribution in [0.5, 0.6) is 0 Å². The topological polar surface area (TPSA) is 46.0 Å². The average Bonchev–Trinajstić information content (AvgIpc) is 2.81. The molecule has 102 valence electrons. The van der Waals surface area contributed by atoms with E-state index in [0.717, 1.165) is 33.4 Å². The smallest absolute Gasteiger partial charge is 0.0957 e. The van der Waals surface area contributed by atoms with Gasteiger partial charge in [0.2, 0.25) is 0 Å². The van der Waals surface area contributed by atoms with Crippen LogP contribution in [0.4, 0.5) is 0 Å². The maximum atomic E-state index is 10.3. The highest BCUT2D eigenvalue weighted by Gasteiger charge is 2.18. The van der Waals surface area contributed by atoms with Gasteiger partial charge in [-0.3, -0.25) is 0 Å². The molecule has 0 fully saturated rings. The van der Waals surface area contributed by atoms with E-state index in [0.29, 0.717) is 11.4 Å². The summed E-state index contributed by atoms with van der Waals surface area (Å²) in [4.78, 5) is 0.848. The minimum atomic E-state index is -0.597. The van der Waals surface area contributed by atoms with Gasteiger partial charge in [-0.25, -0.2) is 0 Å². The number of halogens is 2. The second-order valence-electron chi connectivity index (χ2n) is 4.29. The Morgan fingerprint density at radius 1 is 1.47 bits per heavy atom. The first-order valence-electron chi connectivity index (χ1n) is 6.05. The molecule has 1 atom stereocenters. The van der Waals surface area contributed by atoms with Gasteiger partial charge in [0.05, 0.1) is 16.7 Å². The second kappa shape index (κ2) is 6.79. The number of hydrogen-bond donors (Lipinski definition) is 1. The van der Waals surface area contributed by atoms with E-state index >= 15 is 0 Å². The molecule has 2 aromatic rings. The molecule has 0 saturated heterocycles. The van der Waals surface area contributed by atoms with Crippen molar-refractivity contribution in [2.45, 2.75) is 32.3 Å². The van der Waals surface area contributed by atoms with Crippen molar-refractivity contribution < 1.29 is 5.11 Å². The zero-order valence-electron chi connectivity index (χ0n) is 10.4. The monoisotopic (exact) mass is 360 g/mol. The van der Waals surface area contributed by atoms with E-state index in [1.54, 1.807) is 0 Å². The van der Waals surface area contributed by atoms with Gasteiger partial charge in [-0.05, 0) is 35.6 Å². The van der Waals surface area contributed by atoms with Crippen molar-refractivity contribution in [2.75, 3.05) is 0 Å². The summed E-state index contributed by atoms with van der Waals surface area (Å²) in [6.45, 7) is 2.08. The van der Waals surface area contributed by atoms with Crippen molar-refractivity contribution in [1.29, 1.82) is 0 Å². The Kier molecular flexibility index (Phi) is 5.33. The van der Waals surface area contributed by atoms with Crippen LogP contribution < -0.4 is 0 Å². The highest BCUT2D eigenvalue weighted by molar-refractivity contribution is 9.10. The van der Waals surface area contributed by atoms with Crippen LogP contribution in [0.2, 0.25) is 5.02 Å². The van der Waals surface area contributed by atoms with E-state index in [4.69, 9.17) is 11.6 Å². The molecule has 0 radical (unpaired) electrons. The molecule has 3 nitrogen and oxygen atoms in total. The second-order valence-corrected chi connectivity index (χ2v) is 6.40. The number of aromatic nitrogens is 2. The summed E-state index contributed by atoms with van der Waals surface area (Å²) in [5.74, 6) is 0. The van der Waals surface area contributed by atoms with E-state index < -0.39 is 6.10 Å². The fourth-order valence-electron chi connectivity index (χ4n) is 1.87. The average molecular weight is 362 g/mol. The van der Waals surface area contributed by atoms with Crippen LogP contribution in [0.1, 0.15) is 35.6 Å². The lowest BCUT2D eigenvalue weighted by molar-refractivity contribution is 0.181. The Balaban J connectivity index is 2.16. The van der Waals surface area contributed by atoms with Crippen molar-refractivity contribution >= 4 is 39.1 Å². The Hall–Kier alpha value is -0.490. The molecule has 0 spiro atoms. The van der Waals surface area contributed by atoms with Crippen LogP contribution in [0.3, 0.4) is 0 Å². The molecule has 0 aliphatic heterocycles. The molecule has 0 amide bonds. The number of hydrogen-bond acceptors (Lipinski definition) is 4. The Morgan fingerprint density at radius 2 is 2.26 bits per heavy atom. The van der Waals surface area contributed by atoms with E-state index in [2.05, 4.69) is 32.4 Å². The summed E-state index contributed by atoms with van der Waals surface area (Å²) in [7, 11) is 0. The molecule has 1 unspecified atom stereocenters. The highest BCUT2D eigenvalue weighted by atomic mass is 79.9. The number of benzene rings is 1. The summed E-state index contributed by atoms with van der Waals surface area (Å²) in [6.07, 6.45) is 1.72. The molecule has 19 heavy (non-hydrogen) atoms. The summed E-state index contributed by atoms with van der Waals surface area (Å²) in [5.41, 5.74) is 1.82. The molecule has 1 heterocycles. The van der Waals surface area contributed by atoms with Gasteiger partial charge in [-0.1, -0.05) is 51.4 Å². The maximum absolute atomic E-state index is 10.3. The fourth-order valence-corrected chi connectivity index (χ4v) is 3.30. The summed E-state index contributed by atoms with van der Waals surface area (Å²) >= 11 is 10.8. The van der Waals surface area contributed by atoms with Crippen molar-refractivity contribution in [1.82, 2.24) is 9.59 Å². The zero-order chi connectivity index (χ0) is 13.8. The molecule has 1 aromatic carbocycles. The summed E-state index contributed by atoms with van der Waals surface area (Å²) in [5, 5.41) is 15.1. The third-order valence-electron chi connectivity index (χ3n) is 2.80. The molecule has 0 bridgehead atoms. The van der Waals surface area contributed by atoms with Crippen LogP contribution in [-0.2, 0) is 12.8 Å². The van der Waals surface area contributed by atoms with Gasteiger partial charge < -0.3 is 5.11 Å². The Labute approximate surface area is 129 Å². The number of aliphatic hydroxyl groups is 1. The number of rotatable bonds is 5. The zero-order valence-corrected chi connectivity index (χ0v) is 13.6. The molecule has 6 heteroatoms. The minimum absolute atomic E-state index is 0.479. The van der Waals surface area contributed by atoms with E-state index in [9.17, 15) is 5.11 Å². The van der Waals surface area contributed by atoms with Crippen LogP contribution in [0.15, 0.2) is 22.7 Å². The van der Waals surface area contributed by atoms with Crippen molar-refractivity contribution in [3.63, 3.8) is 0 Å². The lowest BCUT2D eigenvalue weighted by Crippen LogP contribution is -2.03. The Bertz CT molecular complexity index is 561. The molecule has 0 aliphatic carbocycles. The standard InChI is InChI=1S/C13H14BrClN2OS/c1-2-3-11-13(19-17-16-11)12(18)6-8-4-5-9(14)7-10(8)15/h4-5,7,12,18H,2-3,6H2,1H3. The van der Waals surface area contributed by atoms with Gasteiger partial charge in [0.1, 0.15) is 0 Å². The summed E-state index contributed by atoms with van der Waals surface area (Å²) in [6, 6.07) is 5.68. The third kappa shape index (κ3) is 3.75. The number of aliphatic hydroxyl groups excluding tert-OH is 1. The van der Waals surface area contributed by atoms with Crippen LogP contribution in [0, 0.1) is 0 Å². The molecule has 0 aliphatic rings. The van der Waals surface area contributed by atoms with Crippen molar-refractivity contribution in [3.05, 3.63) is 43.8 Å². The normalized spacial score (nSPS) is 12.6. The Morgan fingerprint density at radius 3 is 2.95 bits per heavy atom. The fraction of sp³-hybridized carbons (Fsp3) is 0.385. The predicted octanol–water partition coefficient (Wildman–Crippen LogP) is 4.18. The lowest BCUT2D eigenvalue weighted by atomic mass is 10.0. The van der Waals surface area contributed by atoms with Crippen LogP contribution >= 0.6 is 39.1 Å². The van der Waals surface area contributed by atoms with Gasteiger partial charge in [0.15, 0.2) is 0 Å². The van der Waals surface area contributed by atoms with Gasteiger partial charge in [-0.15, -0.1) is 5.10 Å². The largest absolute Gasteiger partial charge is 0.387 e. The van der Waals surface area contributed by atoms with Crippen molar-refractivity contribution in [3.8, 4) is 0 Å². The predicted molar refractivity (Wildman–Crippen MR) is 81.7 cm³/mol. The number of nitrogens with zero attached hydrogens (tertiary/aromatic N) is 2. The first-order valence-corrected chi connectivity index (χ1v) is 7.99. The van der Waals surface area contributed by atoms with E-state index in [1.165, 1.54) is 11.5 Å². The van der Waals surface area contributed by atoms with E-state index in [1.807, 2.05) is 18.2 Å². The molecular weight excluding hydrogens is 348 g/mol. The minimum Gasteiger partial charge on any atom is -0.387 e. The van der Waals surface area contributed by atoms with Gasteiger partial charge in [-0.2, -0.15) is 0 Å². The molecular formula is C13H14BrClN2OS. The van der Waals surface area contributed by atoms with Gasteiger partial charge >= 0.3 is 0 Å². The molecule has 0 saturated carbocycles. The first-order chi connectivity index (χ1) is 9.11. The van der Waals surface area contributed by atoms with Gasteiger partial charge in [0, 0.05) is 15.9 Å². The lowest BCUT2D eigenvalue weighted by Gasteiger charge is -2.11. The maximum Gasteiger partial charge on any atom is 0.0957 e. The number of aryl methyl sites for hydroxylation is 1. The SMILES string of the molecule is CCCc1nnsc1C(O)Cc1ccc(Br)cc1Cl. The first kappa shape index (κ1) is 14.9. The quantitative estimate of drug-likeness (QED) is 0.869.